The number of aromatic amines is 1. The molecular formula is C14H16N4O4S. The van der Waals surface area contributed by atoms with Crippen LogP contribution in [0.25, 0.3) is 0 Å². The van der Waals surface area contributed by atoms with Gasteiger partial charge >= 0.3 is 0 Å². The normalized spacial score (nSPS) is 11.4. The van der Waals surface area contributed by atoms with Crippen molar-refractivity contribution in [1.82, 2.24) is 14.9 Å². The van der Waals surface area contributed by atoms with E-state index in [0.29, 0.717) is 11.3 Å². The zero-order valence-corrected chi connectivity index (χ0v) is 13.9. The van der Waals surface area contributed by atoms with Gasteiger partial charge in [-0.15, -0.1) is 0 Å². The van der Waals surface area contributed by atoms with E-state index < -0.39 is 5.56 Å². The molecule has 0 aliphatic heterocycles. The molecule has 122 valence electrons. The molecule has 9 heteroatoms. The molecule has 0 saturated heterocycles. The maximum atomic E-state index is 12.1. The summed E-state index contributed by atoms with van der Waals surface area (Å²) in [4.78, 5) is 12.1. The van der Waals surface area contributed by atoms with Crippen LogP contribution in [-0.2, 0) is 0 Å². The molecular weight excluding hydrogens is 320 g/mol. The van der Waals surface area contributed by atoms with Gasteiger partial charge in [0.25, 0.3) is 5.56 Å². The van der Waals surface area contributed by atoms with Crippen LogP contribution in [0.15, 0.2) is 22.0 Å². The molecule has 2 aromatic rings. The lowest BCUT2D eigenvalue weighted by Crippen LogP contribution is -2.23. The summed E-state index contributed by atoms with van der Waals surface area (Å²) in [5, 5.41) is 20.5. The first-order valence-electron chi connectivity index (χ1n) is 6.58. The molecule has 1 heterocycles. The number of aryl methyl sites for hydroxylation is 1. The highest BCUT2D eigenvalue weighted by atomic mass is 32.1. The van der Waals surface area contributed by atoms with Gasteiger partial charge in [0.15, 0.2) is 11.5 Å². The highest BCUT2D eigenvalue weighted by Crippen LogP contribution is 2.37. The van der Waals surface area contributed by atoms with Gasteiger partial charge in [0.2, 0.25) is 10.5 Å². The van der Waals surface area contributed by atoms with Crippen molar-refractivity contribution in [3.05, 3.63) is 38.5 Å². The lowest BCUT2D eigenvalue weighted by Gasteiger charge is -2.11. The summed E-state index contributed by atoms with van der Waals surface area (Å²) in [5.74, 6) is 0.357. The summed E-state index contributed by atoms with van der Waals surface area (Å²) in [5.41, 5.74) is 0.919. The van der Waals surface area contributed by atoms with Gasteiger partial charge in [-0.1, -0.05) is 0 Å². The van der Waals surface area contributed by atoms with E-state index in [0.717, 1.165) is 4.68 Å². The van der Waals surface area contributed by atoms with E-state index >= 15 is 0 Å². The molecule has 0 spiro atoms. The van der Waals surface area contributed by atoms with Gasteiger partial charge in [-0.25, -0.2) is 0 Å². The SMILES string of the molecule is COc1cc(C(C)=Nn2c(=S)[nH]nc(C)c2=O)cc(OC)c1O. The Morgan fingerprint density at radius 3 is 2.43 bits per heavy atom. The zero-order valence-electron chi connectivity index (χ0n) is 13.1. The maximum Gasteiger partial charge on any atom is 0.296 e. The van der Waals surface area contributed by atoms with E-state index in [4.69, 9.17) is 21.7 Å². The molecule has 0 aliphatic carbocycles. The third-order valence-corrected chi connectivity index (χ3v) is 3.43. The fourth-order valence-electron chi connectivity index (χ4n) is 1.87. The predicted molar refractivity (Wildman–Crippen MR) is 87.2 cm³/mol. The Bertz CT molecular complexity index is 860. The minimum Gasteiger partial charge on any atom is -0.502 e. The number of methoxy groups -OCH3 is 2. The van der Waals surface area contributed by atoms with Gasteiger partial charge in [-0.05, 0) is 38.2 Å². The highest BCUT2D eigenvalue weighted by molar-refractivity contribution is 7.71. The Morgan fingerprint density at radius 2 is 1.91 bits per heavy atom. The van der Waals surface area contributed by atoms with Crippen molar-refractivity contribution < 1.29 is 14.6 Å². The number of benzene rings is 1. The second-order valence-electron chi connectivity index (χ2n) is 4.65. The summed E-state index contributed by atoms with van der Waals surface area (Å²) in [6.07, 6.45) is 0. The molecule has 8 nitrogen and oxygen atoms in total. The summed E-state index contributed by atoms with van der Waals surface area (Å²) >= 11 is 5.03. The third-order valence-electron chi connectivity index (χ3n) is 3.16. The van der Waals surface area contributed by atoms with Crippen molar-refractivity contribution in [2.24, 2.45) is 5.10 Å². The molecule has 0 saturated carbocycles. The molecule has 2 N–H and O–H groups in total. The van der Waals surface area contributed by atoms with Gasteiger partial charge in [-0.2, -0.15) is 14.9 Å². The van der Waals surface area contributed by atoms with E-state index in [1.807, 2.05) is 0 Å². The molecule has 0 atom stereocenters. The monoisotopic (exact) mass is 336 g/mol. The van der Waals surface area contributed by atoms with Crippen LogP contribution in [-0.4, -0.2) is 39.9 Å². The topological polar surface area (TPSA) is 102 Å². The fourth-order valence-corrected chi connectivity index (χ4v) is 2.04. The largest absolute Gasteiger partial charge is 0.502 e. The highest BCUT2D eigenvalue weighted by Gasteiger charge is 2.13. The molecule has 0 amide bonds. The van der Waals surface area contributed by atoms with Crippen molar-refractivity contribution >= 4 is 17.9 Å². The minimum absolute atomic E-state index is 0.0812. The molecule has 1 aromatic carbocycles. The average molecular weight is 336 g/mol. The fraction of sp³-hybridized carbons (Fsp3) is 0.286. The van der Waals surface area contributed by atoms with Crippen LogP contribution in [0.3, 0.4) is 0 Å². The number of phenols is 1. The van der Waals surface area contributed by atoms with Crippen LogP contribution in [0, 0.1) is 11.7 Å². The van der Waals surface area contributed by atoms with Crippen LogP contribution in [0.5, 0.6) is 17.2 Å². The Balaban J connectivity index is 2.62. The number of hydrogen-bond acceptors (Lipinski definition) is 7. The van der Waals surface area contributed by atoms with Gasteiger partial charge in [0.05, 0.1) is 19.9 Å². The summed E-state index contributed by atoms with van der Waals surface area (Å²) in [6, 6.07) is 3.17. The van der Waals surface area contributed by atoms with Gasteiger partial charge in [0, 0.05) is 5.56 Å². The second-order valence-corrected chi connectivity index (χ2v) is 5.03. The number of ether oxygens (including phenoxy) is 2. The Kier molecular flexibility index (Phi) is 4.80. The van der Waals surface area contributed by atoms with Gasteiger partial charge in [0.1, 0.15) is 5.69 Å². The molecule has 0 bridgehead atoms. The number of phenolic OH excluding ortho intramolecular Hbond substituents is 1. The number of nitrogens with zero attached hydrogens (tertiary/aromatic N) is 3. The van der Waals surface area contributed by atoms with E-state index in [-0.39, 0.29) is 27.7 Å². The van der Waals surface area contributed by atoms with Crippen molar-refractivity contribution in [1.29, 1.82) is 0 Å². The number of nitrogens with one attached hydrogen (secondary N) is 1. The third kappa shape index (κ3) is 3.24. The molecule has 2 rings (SSSR count). The standard InChI is InChI=1S/C14H16N4O4S/c1-7(17-18-13(20)8(2)15-16-14(18)23)9-5-10(21-3)12(19)11(6-9)22-4/h5-6,19H,1-4H3,(H,16,23). The Hall–Kier alpha value is -2.68. The van der Waals surface area contributed by atoms with Crippen LogP contribution in [0.2, 0.25) is 0 Å². The molecule has 0 unspecified atom stereocenters. The zero-order chi connectivity index (χ0) is 17.1. The first kappa shape index (κ1) is 16.7. The lowest BCUT2D eigenvalue weighted by molar-refractivity contribution is 0.340. The van der Waals surface area contributed by atoms with Gasteiger partial charge < -0.3 is 14.6 Å². The van der Waals surface area contributed by atoms with Crippen molar-refractivity contribution in [2.75, 3.05) is 14.2 Å². The molecule has 23 heavy (non-hydrogen) atoms. The maximum absolute atomic E-state index is 12.1. The summed E-state index contributed by atoms with van der Waals surface area (Å²) in [7, 11) is 2.86. The second kappa shape index (κ2) is 6.61. The minimum atomic E-state index is -0.411. The van der Waals surface area contributed by atoms with Crippen LogP contribution >= 0.6 is 12.2 Å². The number of hydrogen-bond donors (Lipinski definition) is 2. The average Bonchev–Trinajstić information content (AvgIpc) is 2.55. The lowest BCUT2D eigenvalue weighted by atomic mass is 10.1. The number of H-pyrrole nitrogens is 1. The predicted octanol–water partition coefficient (Wildman–Crippen LogP) is 1.60. The number of rotatable bonds is 4. The summed E-state index contributed by atoms with van der Waals surface area (Å²) in [6.45, 7) is 3.25. The van der Waals surface area contributed by atoms with Gasteiger partial charge in [-0.3, -0.25) is 9.89 Å². The molecule has 1 aromatic heterocycles. The molecule has 0 radical (unpaired) electrons. The van der Waals surface area contributed by atoms with Crippen molar-refractivity contribution in [2.45, 2.75) is 13.8 Å². The first-order valence-corrected chi connectivity index (χ1v) is 6.99. The van der Waals surface area contributed by atoms with E-state index in [1.165, 1.54) is 14.2 Å². The van der Waals surface area contributed by atoms with Crippen molar-refractivity contribution in [3.8, 4) is 17.2 Å². The smallest absolute Gasteiger partial charge is 0.296 e. The Labute approximate surface area is 137 Å². The Morgan fingerprint density at radius 1 is 1.35 bits per heavy atom. The van der Waals surface area contributed by atoms with Crippen molar-refractivity contribution in [3.63, 3.8) is 0 Å². The molecule has 0 aliphatic rings. The number of aromatic nitrogens is 3. The van der Waals surface area contributed by atoms with E-state index in [1.54, 1.807) is 26.0 Å². The quantitative estimate of drug-likeness (QED) is 0.649. The van der Waals surface area contributed by atoms with Crippen LogP contribution in [0.4, 0.5) is 0 Å². The molecule has 0 fully saturated rings. The van der Waals surface area contributed by atoms with E-state index in [2.05, 4.69) is 15.3 Å². The first-order chi connectivity index (χ1) is 10.9. The van der Waals surface area contributed by atoms with Crippen LogP contribution in [0.1, 0.15) is 18.2 Å². The number of aromatic hydroxyl groups is 1. The summed E-state index contributed by atoms with van der Waals surface area (Å²) < 4.78 is 11.3. The van der Waals surface area contributed by atoms with E-state index in [9.17, 15) is 9.90 Å². The van der Waals surface area contributed by atoms with Crippen LogP contribution < -0.4 is 15.0 Å².